The Morgan fingerprint density at radius 2 is 2.23 bits per heavy atom. The van der Waals surface area contributed by atoms with Crippen molar-refractivity contribution in [3.63, 3.8) is 0 Å². The molecule has 3 rings (SSSR count). The lowest BCUT2D eigenvalue weighted by molar-refractivity contribution is 0.415. The first-order chi connectivity index (χ1) is 10.6. The monoisotopic (exact) mass is 336 g/mol. The van der Waals surface area contributed by atoms with Crippen molar-refractivity contribution in [1.29, 1.82) is 0 Å². The molecule has 0 aliphatic carbocycles. The highest BCUT2D eigenvalue weighted by Crippen LogP contribution is 2.27. The normalized spacial score (nSPS) is 11.5. The number of aromatic nitrogens is 4. The number of nitrogens with zero attached hydrogens (tertiary/aromatic N) is 3. The molecule has 2 heterocycles. The number of rotatable bonds is 5. The van der Waals surface area contributed by atoms with Crippen LogP contribution in [0, 0.1) is 0 Å². The molecule has 0 fully saturated rings. The van der Waals surface area contributed by atoms with Crippen LogP contribution in [-0.4, -0.2) is 35.7 Å². The highest BCUT2D eigenvalue weighted by atomic mass is 32.2. The lowest BCUT2D eigenvalue weighted by Gasteiger charge is -2.01. The summed E-state index contributed by atoms with van der Waals surface area (Å²) < 4.78 is 29.4. The molecule has 0 spiro atoms. The molecule has 1 aromatic carbocycles. The fourth-order valence-electron chi connectivity index (χ4n) is 1.87. The summed E-state index contributed by atoms with van der Waals surface area (Å²) in [6.45, 7) is 0. The number of hydrogen-bond acceptors (Lipinski definition) is 7. The Labute approximate surface area is 130 Å². The summed E-state index contributed by atoms with van der Waals surface area (Å²) in [5, 5.41) is 8.23. The van der Waals surface area contributed by atoms with Crippen molar-refractivity contribution in [2.45, 2.75) is 10.9 Å². The molecule has 0 radical (unpaired) electrons. The van der Waals surface area contributed by atoms with Crippen LogP contribution in [0.25, 0.3) is 10.6 Å². The molecule has 0 saturated carbocycles. The van der Waals surface area contributed by atoms with Gasteiger partial charge in [-0.1, -0.05) is 12.1 Å². The molecular weight excluding hydrogens is 324 g/mol. The van der Waals surface area contributed by atoms with Crippen molar-refractivity contribution in [1.82, 2.24) is 20.2 Å². The molecule has 0 atom stereocenters. The summed E-state index contributed by atoms with van der Waals surface area (Å²) in [6.07, 6.45) is 1.16. The third-order valence-corrected chi connectivity index (χ3v) is 5.30. The summed E-state index contributed by atoms with van der Waals surface area (Å²) in [4.78, 5) is 8.05. The van der Waals surface area contributed by atoms with E-state index >= 15 is 0 Å². The maximum atomic E-state index is 12.1. The van der Waals surface area contributed by atoms with Crippen LogP contribution in [0.5, 0.6) is 5.75 Å². The number of H-pyrrole nitrogens is 1. The molecule has 1 N–H and O–H groups in total. The molecule has 9 heteroatoms. The third kappa shape index (κ3) is 3.00. The number of ether oxygens (including phenoxy) is 1. The Morgan fingerprint density at radius 1 is 1.36 bits per heavy atom. The van der Waals surface area contributed by atoms with Crippen LogP contribution in [0.2, 0.25) is 0 Å². The highest BCUT2D eigenvalue weighted by molar-refractivity contribution is 7.90. The molecule has 0 aliphatic rings. The Balaban J connectivity index is 1.85. The van der Waals surface area contributed by atoms with Gasteiger partial charge in [0.1, 0.15) is 22.8 Å². The molecule has 0 amide bonds. The van der Waals surface area contributed by atoms with Gasteiger partial charge in [-0.3, -0.25) is 5.10 Å². The number of hydrogen-bond donors (Lipinski definition) is 1. The molecule has 0 aliphatic heterocycles. The average Bonchev–Trinajstić information content (AvgIpc) is 3.18. The van der Waals surface area contributed by atoms with E-state index in [1.807, 2.05) is 24.3 Å². The van der Waals surface area contributed by atoms with E-state index in [9.17, 15) is 8.42 Å². The Bertz CT molecular complexity index is 872. The smallest absolute Gasteiger partial charge is 0.243 e. The SMILES string of the molecule is COc1cccc(-c2nc(CS(=O)(=O)c3ncn[nH]3)cs2)c1. The number of methoxy groups -OCH3 is 1. The molecule has 114 valence electrons. The van der Waals surface area contributed by atoms with Gasteiger partial charge in [-0.2, -0.15) is 5.10 Å². The van der Waals surface area contributed by atoms with Gasteiger partial charge >= 0.3 is 0 Å². The van der Waals surface area contributed by atoms with Crippen molar-refractivity contribution in [2.24, 2.45) is 0 Å². The maximum absolute atomic E-state index is 12.1. The van der Waals surface area contributed by atoms with Gasteiger partial charge in [-0.25, -0.2) is 18.4 Å². The second-order valence-electron chi connectivity index (χ2n) is 4.43. The Kier molecular flexibility index (Phi) is 3.90. The van der Waals surface area contributed by atoms with E-state index in [2.05, 4.69) is 20.2 Å². The van der Waals surface area contributed by atoms with Crippen molar-refractivity contribution < 1.29 is 13.2 Å². The van der Waals surface area contributed by atoms with Gasteiger partial charge in [-0.15, -0.1) is 11.3 Å². The first-order valence-electron chi connectivity index (χ1n) is 6.25. The summed E-state index contributed by atoms with van der Waals surface area (Å²) in [7, 11) is -1.97. The molecule has 0 unspecified atom stereocenters. The summed E-state index contributed by atoms with van der Waals surface area (Å²) >= 11 is 1.38. The van der Waals surface area contributed by atoms with Crippen LogP contribution in [0.3, 0.4) is 0 Å². The van der Waals surface area contributed by atoms with Gasteiger partial charge in [0.25, 0.3) is 0 Å². The van der Waals surface area contributed by atoms with Crippen LogP contribution < -0.4 is 4.74 Å². The van der Waals surface area contributed by atoms with Crippen LogP contribution in [0.4, 0.5) is 0 Å². The van der Waals surface area contributed by atoms with E-state index in [1.165, 1.54) is 11.3 Å². The fraction of sp³-hybridized carbons (Fsp3) is 0.154. The van der Waals surface area contributed by atoms with E-state index in [0.717, 1.165) is 22.6 Å². The summed E-state index contributed by atoms with van der Waals surface area (Å²) in [5.74, 6) is 0.506. The van der Waals surface area contributed by atoms with E-state index in [4.69, 9.17) is 4.74 Å². The van der Waals surface area contributed by atoms with Gasteiger partial charge in [0.05, 0.1) is 12.8 Å². The van der Waals surface area contributed by atoms with Gasteiger partial charge in [0, 0.05) is 10.9 Å². The number of thiazole rings is 1. The number of benzene rings is 1. The van der Waals surface area contributed by atoms with Crippen LogP contribution in [0.1, 0.15) is 5.69 Å². The van der Waals surface area contributed by atoms with Gasteiger partial charge in [-0.05, 0) is 12.1 Å². The molecule has 3 aromatic rings. The number of sulfone groups is 1. The average molecular weight is 336 g/mol. The molecular formula is C13H12N4O3S2. The zero-order valence-electron chi connectivity index (χ0n) is 11.6. The third-order valence-electron chi connectivity index (χ3n) is 2.89. The molecule has 7 nitrogen and oxygen atoms in total. The van der Waals surface area contributed by atoms with Crippen LogP contribution in [-0.2, 0) is 15.6 Å². The van der Waals surface area contributed by atoms with Crippen molar-refractivity contribution >= 4 is 21.2 Å². The van der Waals surface area contributed by atoms with E-state index in [-0.39, 0.29) is 10.9 Å². The minimum absolute atomic E-state index is 0.150. The minimum Gasteiger partial charge on any atom is -0.497 e. The van der Waals surface area contributed by atoms with Crippen molar-refractivity contribution in [3.8, 4) is 16.3 Å². The Hall–Kier alpha value is -2.26. The number of nitrogens with one attached hydrogen (secondary N) is 1. The molecule has 2 aromatic heterocycles. The molecule has 0 saturated heterocycles. The minimum atomic E-state index is -3.56. The van der Waals surface area contributed by atoms with E-state index in [0.29, 0.717) is 5.69 Å². The molecule has 0 bridgehead atoms. The lowest BCUT2D eigenvalue weighted by Crippen LogP contribution is -2.07. The second-order valence-corrected chi connectivity index (χ2v) is 7.19. The first kappa shape index (κ1) is 14.7. The quantitative estimate of drug-likeness (QED) is 0.764. The molecule has 22 heavy (non-hydrogen) atoms. The van der Waals surface area contributed by atoms with E-state index < -0.39 is 9.84 Å². The highest BCUT2D eigenvalue weighted by Gasteiger charge is 2.20. The summed E-state index contributed by atoms with van der Waals surface area (Å²) in [5.41, 5.74) is 1.35. The lowest BCUT2D eigenvalue weighted by atomic mass is 10.2. The zero-order valence-corrected chi connectivity index (χ0v) is 13.2. The predicted molar refractivity (Wildman–Crippen MR) is 81.4 cm³/mol. The van der Waals surface area contributed by atoms with Gasteiger partial charge in [0.2, 0.25) is 15.0 Å². The second kappa shape index (κ2) is 5.85. The van der Waals surface area contributed by atoms with Crippen molar-refractivity contribution in [3.05, 3.63) is 41.7 Å². The predicted octanol–water partition coefficient (Wildman–Crippen LogP) is 1.91. The maximum Gasteiger partial charge on any atom is 0.243 e. The Morgan fingerprint density at radius 3 is 2.95 bits per heavy atom. The standard InChI is InChI=1S/C13H12N4O3S2/c1-20-11-4-2-3-9(5-11)12-16-10(6-21-12)7-22(18,19)13-14-8-15-17-13/h2-6,8H,7H2,1H3,(H,14,15,17). The van der Waals surface area contributed by atoms with Gasteiger partial charge in [0.15, 0.2) is 0 Å². The topological polar surface area (TPSA) is 97.8 Å². The van der Waals surface area contributed by atoms with Crippen LogP contribution >= 0.6 is 11.3 Å². The van der Waals surface area contributed by atoms with Gasteiger partial charge < -0.3 is 4.74 Å². The fourth-order valence-corrected chi connectivity index (χ4v) is 3.86. The largest absolute Gasteiger partial charge is 0.497 e. The number of aromatic amines is 1. The van der Waals surface area contributed by atoms with Crippen molar-refractivity contribution in [2.75, 3.05) is 7.11 Å². The summed E-state index contributed by atoms with van der Waals surface area (Å²) in [6, 6.07) is 7.45. The van der Waals surface area contributed by atoms with E-state index in [1.54, 1.807) is 12.5 Å². The van der Waals surface area contributed by atoms with Crippen LogP contribution in [0.15, 0.2) is 41.1 Å². The zero-order chi connectivity index (χ0) is 15.6. The first-order valence-corrected chi connectivity index (χ1v) is 8.78.